The van der Waals surface area contributed by atoms with Gasteiger partial charge in [0.25, 0.3) is 5.56 Å². The number of amidine groups is 1. The summed E-state index contributed by atoms with van der Waals surface area (Å²) in [5.41, 5.74) is -0.260. The van der Waals surface area contributed by atoms with Gasteiger partial charge < -0.3 is 14.6 Å². The summed E-state index contributed by atoms with van der Waals surface area (Å²) in [7, 11) is -1.30. The lowest BCUT2D eigenvalue weighted by Crippen LogP contribution is -2.33. The van der Waals surface area contributed by atoms with Gasteiger partial charge in [-0.2, -0.15) is 4.98 Å². The maximum absolute atomic E-state index is 13.7. The molecule has 0 saturated heterocycles. The molecule has 0 aliphatic carbocycles. The number of sulfonamides is 1. The Labute approximate surface area is 217 Å². The van der Waals surface area contributed by atoms with Crippen molar-refractivity contribution in [2.75, 3.05) is 18.9 Å². The molecule has 0 fully saturated rings. The number of unbranched alkanes of at least 4 members (excludes halogenated alkanes) is 1. The number of para-hydroxylation sites is 1. The first kappa shape index (κ1) is 29.6. The van der Waals surface area contributed by atoms with E-state index in [9.17, 15) is 18.3 Å². The fourth-order valence-electron chi connectivity index (χ4n) is 3.40. The molecule has 0 aliphatic heterocycles. The molecular weight excluding hydrogens is 498 g/mol. The van der Waals surface area contributed by atoms with Crippen LogP contribution in [0.5, 0.6) is 17.4 Å². The predicted molar refractivity (Wildman–Crippen MR) is 146 cm³/mol. The summed E-state index contributed by atoms with van der Waals surface area (Å²) in [5.74, 6) is 0.344. The van der Waals surface area contributed by atoms with Gasteiger partial charge in [0.15, 0.2) is 5.69 Å². The molecular formula is C25H35N5O6S. The fourth-order valence-corrected chi connectivity index (χ4v) is 4.43. The van der Waals surface area contributed by atoms with Crippen LogP contribution in [0.4, 0.5) is 5.69 Å². The Morgan fingerprint density at radius 2 is 1.89 bits per heavy atom. The molecule has 2 aromatic rings. The molecule has 0 amide bonds. The number of benzene rings is 1. The van der Waals surface area contributed by atoms with Crippen LogP contribution < -0.4 is 19.8 Å². The van der Waals surface area contributed by atoms with Gasteiger partial charge in [0, 0.05) is 19.0 Å². The summed E-state index contributed by atoms with van der Waals surface area (Å²) < 4.78 is 40.7. The average molecular weight is 534 g/mol. The fraction of sp³-hybridized carbons (Fsp3) is 0.440. The lowest BCUT2D eigenvalue weighted by Gasteiger charge is -2.20. The smallest absolute Gasteiger partial charge is 0.286 e. The molecule has 0 aliphatic rings. The van der Waals surface area contributed by atoms with E-state index in [-0.39, 0.29) is 23.8 Å². The van der Waals surface area contributed by atoms with Gasteiger partial charge in [0.2, 0.25) is 15.9 Å². The molecule has 1 aromatic heterocycles. The normalized spacial score (nSPS) is 12.5. The first-order valence-electron chi connectivity index (χ1n) is 11.7. The van der Waals surface area contributed by atoms with Crippen LogP contribution >= 0.6 is 0 Å². The zero-order valence-corrected chi connectivity index (χ0v) is 22.9. The van der Waals surface area contributed by atoms with E-state index in [0.29, 0.717) is 24.3 Å². The van der Waals surface area contributed by atoms with Gasteiger partial charge in [0.05, 0.1) is 19.5 Å². The minimum Gasteiger partial charge on any atom is -0.494 e. The van der Waals surface area contributed by atoms with E-state index in [2.05, 4.69) is 26.4 Å². The Bertz CT molecular complexity index is 1320. The molecule has 2 rings (SSSR count). The lowest BCUT2D eigenvalue weighted by molar-refractivity contribution is 0.388. The van der Waals surface area contributed by atoms with E-state index in [1.54, 1.807) is 24.4 Å². The van der Waals surface area contributed by atoms with E-state index in [1.165, 1.54) is 25.7 Å². The number of hydrogen-bond donors (Lipinski definition) is 2. The number of rotatable bonds is 12. The van der Waals surface area contributed by atoms with Crippen LogP contribution in [0.2, 0.25) is 0 Å². The summed E-state index contributed by atoms with van der Waals surface area (Å²) >= 11 is 0. The van der Waals surface area contributed by atoms with Crippen LogP contribution in [-0.2, 0) is 16.4 Å². The highest BCUT2D eigenvalue weighted by Gasteiger charge is 2.28. The first-order valence-corrected chi connectivity index (χ1v) is 13.3. The van der Waals surface area contributed by atoms with Gasteiger partial charge in [-0.05, 0) is 46.0 Å². The minimum absolute atomic E-state index is 0.0695. The standard InChI is InChI=1S/C25H35N5O6S/c1-8-9-13-21-28-24(31)22(25(32)30(21)23-18(35-6)11-10-12-19(23)36-7)29-37(33,34)17(4)14-20(26-5)27-15-16(2)3/h10-12,15,17,29,31H,5,8-9,13-14H2,1-4,6-7H3/t17-/m1/s1. The number of hydrogen-bond acceptors (Lipinski definition) is 8. The maximum atomic E-state index is 13.7. The maximum Gasteiger partial charge on any atom is 0.286 e. The number of aromatic nitrogens is 2. The molecule has 2 N–H and O–H groups in total. The number of nitrogens with zero attached hydrogens (tertiary/aromatic N) is 4. The summed E-state index contributed by atoms with van der Waals surface area (Å²) in [6, 6.07) is 4.98. The number of allylic oxidation sites excluding steroid dienone is 1. The number of nitrogens with one attached hydrogen (secondary N) is 1. The number of methoxy groups -OCH3 is 2. The van der Waals surface area contributed by atoms with Crippen molar-refractivity contribution in [2.45, 2.75) is 58.6 Å². The third-order valence-electron chi connectivity index (χ3n) is 5.41. The zero-order valence-electron chi connectivity index (χ0n) is 22.1. The number of aliphatic imine (C=N–C) groups is 2. The minimum atomic E-state index is -4.18. The van der Waals surface area contributed by atoms with Crippen LogP contribution in [0.15, 0.2) is 44.8 Å². The zero-order chi connectivity index (χ0) is 27.8. The summed E-state index contributed by atoms with van der Waals surface area (Å²) in [6.07, 6.45) is 3.31. The topological polar surface area (TPSA) is 144 Å². The summed E-state index contributed by atoms with van der Waals surface area (Å²) in [5, 5.41) is 9.58. The van der Waals surface area contributed by atoms with Crippen molar-refractivity contribution in [3.63, 3.8) is 0 Å². The van der Waals surface area contributed by atoms with Gasteiger partial charge in [0.1, 0.15) is 28.8 Å². The molecule has 0 saturated carbocycles. The largest absolute Gasteiger partial charge is 0.494 e. The predicted octanol–water partition coefficient (Wildman–Crippen LogP) is 3.84. The monoisotopic (exact) mass is 533 g/mol. The first-order chi connectivity index (χ1) is 17.5. The SMILES string of the molecule is C=NC(C[C@@H](C)S(=O)(=O)Nc1c(O)nc(CCCC)n(-c2c(OC)cccc2OC)c1=O)=NC=C(C)C. The van der Waals surface area contributed by atoms with E-state index < -0.39 is 32.4 Å². The molecule has 0 bridgehead atoms. The Kier molecular flexibility index (Phi) is 10.4. The number of ether oxygens (including phenoxy) is 2. The third-order valence-corrected chi connectivity index (χ3v) is 7.13. The highest BCUT2D eigenvalue weighted by molar-refractivity contribution is 7.93. The van der Waals surface area contributed by atoms with Crippen molar-refractivity contribution in [3.05, 3.63) is 46.2 Å². The molecule has 202 valence electrons. The van der Waals surface area contributed by atoms with Gasteiger partial charge in [-0.3, -0.25) is 14.1 Å². The van der Waals surface area contributed by atoms with Crippen LogP contribution in [0.25, 0.3) is 5.69 Å². The van der Waals surface area contributed by atoms with Crippen molar-refractivity contribution in [1.29, 1.82) is 0 Å². The Balaban J connectivity index is 2.66. The number of aromatic hydroxyl groups is 1. The molecule has 1 atom stereocenters. The molecule has 0 spiro atoms. The van der Waals surface area contributed by atoms with Crippen molar-refractivity contribution in [3.8, 4) is 23.1 Å². The van der Waals surface area contributed by atoms with Crippen LogP contribution in [-0.4, -0.2) is 55.1 Å². The van der Waals surface area contributed by atoms with Crippen molar-refractivity contribution < 1.29 is 23.0 Å². The highest BCUT2D eigenvalue weighted by atomic mass is 32.2. The quantitative estimate of drug-likeness (QED) is 0.311. The summed E-state index contributed by atoms with van der Waals surface area (Å²) in [4.78, 5) is 25.9. The Morgan fingerprint density at radius 1 is 1.27 bits per heavy atom. The van der Waals surface area contributed by atoms with Gasteiger partial charge >= 0.3 is 0 Å². The second kappa shape index (κ2) is 13.0. The second-order valence-corrected chi connectivity index (χ2v) is 10.7. The van der Waals surface area contributed by atoms with E-state index in [1.807, 2.05) is 20.8 Å². The average Bonchev–Trinajstić information content (AvgIpc) is 2.86. The molecule has 0 radical (unpaired) electrons. The molecule has 12 heteroatoms. The second-order valence-electron chi connectivity index (χ2n) is 8.55. The van der Waals surface area contributed by atoms with Crippen LogP contribution in [0.3, 0.4) is 0 Å². The molecule has 1 aromatic carbocycles. The van der Waals surface area contributed by atoms with E-state index >= 15 is 0 Å². The van der Waals surface area contributed by atoms with Gasteiger partial charge in [-0.1, -0.05) is 25.0 Å². The molecule has 11 nitrogen and oxygen atoms in total. The van der Waals surface area contributed by atoms with Gasteiger partial charge in [-0.25, -0.2) is 18.4 Å². The third kappa shape index (κ3) is 7.19. The molecule has 1 heterocycles. The Morgan fingerprint density at radius 3 is 2.41 bits per heavy atom. The lowest BCUT2D eigenvalue weighted by atomic mass is 10.2. The number of aryl methyl sites for hydroxylation is 1. The van der Waals surface area contributed by atoms with Crippen molar-refractivity contribution >= 4 is 28.3 Å². The van der Waals surface area contributed by atoms with Crippen LogP contribution in [0.1, 0.15) is 52.8 Å². The van der Waals surface area contributed by atoms with E-state index in [0.717, 1.165) is 12.0 Å². The van der Waals surface area contributed by atoms with Crippen molar-refractivity contribution in [2.24, 2.45) is 9.98 Å². The van der Waals surface area contributed by atoms with E-state index in [4.69, 9.17) is 9.47 Å². The van der Waals surface area contributed by atoms with Gasteiger partial charge in [-0.15, -0.1) is 0 Å². The molecule has 0 unspecified atom stereocenters. The van der Waals surface area contributed by atoms with Crippen molar-refractivity contribution in [1.82, 2.24) is 9.55 Å². The highest BCUT2D eigenvalue weighted by Crippen LogP contribution is 2.33. The molecule has 37 heavy (non-hydrogen) atoms. The summed E-state index contributed by atoms with van der Waals surface area (Å²) in [6.45, 7) is 10.5. The van der Waals surface area contributed by atoms with Crippen LogP contribution in [0, 0.1) is 0 Å². The Hall–Kier alpha value is -3.67. The number of anilines is 1.